The Morgan fingerprint density at radius 2 is 2.06 bits per heavy atom. The lowest BCUT2D eigenvalue weighted by Gasteiger charge is -2.20. The molecule has 0 spiro atoms. The third-order valence-electron chi connectivity index (χ3n) is 3.06. The number of hydrogen-bond acceptors (Lipinski definition) is 3. The minimum absolute atomic E-state index is 0.327. The zero-order chi connectivity index (χ0) is 12.8. The van der Waals surface area contributed by atoms with Crippen molar-refractivity contribution in [1.82, 2.24) is 4.90 Å². The van der Waals surface area contributed by atoms with E-state index in [0.717, 1.165) is 13.0 Å². The second-order valence-corrected chi connectivity index (χ2v) is 4.83. The van der Waals surface area contributed by atoms with Crippen LogP contribution < -0.4 is 5.73 Å². The molecule has 0 radical (unpaired) electrons. The van der Waals surface area contributed by atoms with E-state index in [9.17, 15) is 5.11 Å². The number of aryl methyl sites for hydroxylation is 2. The lowest BCUT2D eigenvalue weighted by atomic mass is 10.0. The van der Waals surface area contributed by atoms with Crippen molar-refractivity contribution in [3.8, 4) is 0 Å². The Morgan fingerprint density at radius 3 is 2.71 bits per heavy atom. The fourth-order valence-electron chi connectivity index (χ4n) is 1.91. The van der Waals surface area contributed by atoms with E-state index in [4.69, 9.17) is 5.73 Å². The van der Waals surface area contributed by atoms with Gasteiger partial charge in [0.15, 0.2) is 0 Å². The highest BCUT2D eigenvalue weighted by atomic mass is 16.3. The molecule has 1 aromatic rings. The molecule has 0 saturated carbocycles. The number of aliphatic hydroxyl groups is 1. The molecule has 0 saturated heterocycles. The number of likely N-dealkylation sites (N-methyl/N-ethyl adjacent to an activating group) is 1. The van der Waals surface area contributed by atoms with E-state index >= 15 is 0 Å². The van der Waals surface area contributed by atoms with Gasteiger partial charge < -0.3 is 15.7 Å². The molecule has 96 valence electrons. The maximum absolute atomic E-state index is 9.46. The first kappa shape index (κ1) is 14.2. The molecule has 3 N–H and O–H groups in total. The topological polar surface area (TPSA) is 49.5 Å². The van der Waals surface area contributed by atoms with Crippen molar-refractivity contribution < 1.29 is 5.11 Å². The Hall–Kier alpha value is -0.900. The van der Waals surface area contributed by atoms with Crippen LogP contribution in [0.2, 0.25) is 0 Å². The van der Waals surface area contributed by atoms with Gasteiger partial charge in [-0.25, -0.2) is 0 Å². The fraction of sp³-hybridized carbons (Fsp3) is 0.571. The number of hydrogen-bond donors (Lipinski definition) is 2. The van der Waals surface area contributed by atoms with E-state index in [1.54, 1.807) is 0 Å². The van der Waals surface area contributed by atoms with E-state index in [1.807, 2.05) is 7.05 Å². The first-order valence-electron chi connectivity index (χ1n) is 6.15. The summed E-state index contributed by atoms with van der Waals surface area (Å²) in [5.74, 6) is 0. The van der Waals surface area contributed by atoms with Gasteiger partial charge in [-0.15, -0.1) is 0 Å². The molecule has 0 aliphatic carbocycles. The van der Waals surface area contributed by atoms with Crippen LogP contribution in [0.1, 0.15) is 16.7 Å². The molecule has 1 atom stereocenters. The van der Waals surface area contributed by atoms with Gasteiger partial charge in [-0.05, 0) is 38.4 Å². The standard InChI is InChI=1S/C14H24N2O/c1-11-4-5-12(2)13(8-11)6-7-16(3)10-14(17)9-15/h4-5,8,14,17H,6-7,9-10,15H2,1-3H3. The average Bonchev–Trinajstić information content (AvgIpc) is 2.30. The average molecular weight is 236 g/mol. The third kappa shape index (κ3) is 4.86. The van der Waals surface area contributed by atoms with Gasteiger partial charge in [0.05, 0.1) is 6.10 Å². The molecule has 17 heavy (non-hydrogen) atoms. The van der Waals surface area contributed by atoms with Gasteiger partial charge in [0, 0.05) is 19.6 Å². The van der Waals surface area contributed by atoms with Crippen LogP contribution in [0.25, 0.3) is 0 Å². The maximum atomic E-state index is 9.46. The van der Waals surface area contributed by atoms with Crippen LogP contribution in [0.3, 0.4) is 0 Å². The number of nitrogens with two attached hydrogens (primary N) is 1. The first-order chi connectivity index (χ1) is 8.02. The Bertz CT molecular complexity index is 352. The molecular formula is C14H24N2O. The van der Waals surface area contributed by atoms with Gasteiger partial charge in [-0.3, -0.25) is 0 Å². The monoisotopic (exact) mass is 236 g/mol. The normalized spacial score (nSPS) is 13.1. The van der Waals surface area contributed by atoms with Crippen LogP contribution in [0.5, 0.6) is 0 Å². The highest BCUT2D eigenvalue weighted by Gasteiger charge is 2.07. The highest BCUT2D eigenvalue weighted by molar-refractivity contribution is 5.30. The summed E-state index contributed by atoms with van der Waals surface area (Å²) in [5, 5.41) is 9.46. The molecular weight excluding hydrogens is 212 g/mol. The van der Waals surface area contributed by atoms with Gasteiger partial charge in [0.1, 0.15) is 0 Å². The van der Waals surface area contributed by atoms with Gasteiger partial charge in [-0.2, -0.15) is 0 Å². The molecule has 0 bridgehead atoms. The number of benzene rings is 1. The predicted octanol–water partition coefficient (Wildman–Crippen LogP) is 1.10. The van der Waals surface area contributed by atoms with Gasteiger partial charge in [0.25, 0.3) is 0 Å². The molecule has 0 amide bonds. The summed E-state index contributed by atoms with van der Waals surface area (Å²) >= 11 is 0. The van der Waals surface area contributed by atoms with E-state index < -0.39 is 6.10 Å². The maximum Gasteiger partial charge on any atom is 0.0788 e. The first-order valence-corrected chi connectivity index (χ1v) is 6.15. The van der Waals surface area contributed by atoms with Crippen molar-refractivity contribution in [2.24, 2.45) is 5.73 Å². The summed E-state index contributed by atoms with van der Waals surface area (Å²) in [7, 11) is 2.02. The molecule has 1 unspecified atom stereocenters. The summed E-state index contributed by atoms with van der Waals surface area (Å²) in [5.41, 5.74) is 9.42. The molecule has 0 heterocycles. The molecule has 0 aliphatic rings. The van der Waals surface area contributed by atoms with Crippen LogP contribution in [-0.2, 0) is 6.42 Å². The molecule has 1 rings (SSSR count). The second kappa shape index (κ2) is 6.74. The Balaban J connectivity index is 2.47. The number of nitrogens with zero attached hydrogens (tertiary/aromatic N) is 1. The van der Waals surface area contributed by atoms with Gasteiger partial charge >= 0.3 is 0 Å². The number of aliphatic hydroxyl groups excluding tert-OH is 1. The lowest BCUT2D eigenvalue weighted by molar-refractivity contribution is 0.133. The minimum Gasteiger partial charge on any atom is -0.390 e. The van der Waals surface area contributed by atoms with E-state index in [-0.39, 0.29) is 0 Å². The SMILES string of the molecule is Cc1ccc(C)c(CCN(C)CC(O)CN)c1. The smallest absolute Gasteiger partial charge is 0.0788 e. The Labute approximate surface area is 104 Å². The van der Waals surface area contributed by atoms with Crippen molar-refractivity contribution in [2.45, 2.75) is 26.4 Å². The Morgan fingerprint density at radius 1 is 1.35 bits per heavy atom. The lowest BCUT2D eigenvalue weighted by Crippen LogP contribution is -2.35. The van der Waals surface area contributed by atoms with E-state index in [2.05, 4.69) is 36.9 Å². The number of rotatable bonds is 6. The zero-order valence-corrected chi connectivity index (χ0v) is 11.1. The van der Waals surface area contributed by atoms with Crippen molar-refractivity contribution >= 4 is 0 Å². The largest absolute Gasteiger partial charge is 0.390 e. The summed E-state index contributed by atoms with van der Waals surface area (Å²) in [6, 6.07) is 6.54. The molecule has 0 fully saturated rings. The molecule has 0 aliphatic heterocycles. The molecule has 3 heteroatoms. The van der Waals surface area contributed by atoms with Gasteiger partial charge in [0.2, 0.25) is 0 Å². The third-order valence-corrected chi connectivity index (χ3v) is 3.06. The van der Waals surface area contributed by atoms with Crippen LogP contribution in [0.15, 0.2) is 18.2 Å². The summed E-state index contributed by atoms with van der Waals surface area (Å²) < 4.78 is 0. The summed E-state index contributed by atoms with van der Waals surface area (Å²) in [6.45, 7) is 6.17. The van der Waals surface area contributed by atoms with Crippen LogP contribution >= 0.6 is 0 Å². The molecule has 1 aromatic carbocycles. The second-order valence-electron chi connectivity index (χ2n) is 4.83. The fourth-order valence-corrected chi connectivity index (χ4v) is 1.91. The minimum atomic E-state index is -0.418. The van der Waals surface area contributed by atoms with Crippen molar-refractivity contribution in [3.05, 3.63) is 34.9 Å². The van der Waals surface area contributed by atoms with E-state index in [0.29, 0.717) is 13.1 Å². The van der Waals surface area contributed by atoms with Gasteiger partial charge in [-0.1, -0.05) is 23.8 Å². The van der Waals surface area contributed by atoms with Crippen LogP contribution in [-0.4, -0.2) is 42.8 Å². The zero-order valence-electron chi connectivity index (χ0n) is 11.1. The highest BCUT2D eigenvalue weighted by Crippen LogP contribution is 2.11. The predicted molar refractivity (Wildman–Crippen MR) is 72.2 cm³/mol. The molecule has 3 nitrogen and oxygen atoms in total. The van der Waals surface area contributed by atoms with Crippen LogP contribution in [0, 0.1) is 13.8 Å². The van der Waals surface area contributed by atoms with E-state index in [1.165, 1.54) is 16.7 Å². The van der Waals surface area contributed by atoms with Crippen molar-refractivity contribution in [1.29, 1.82) is 0 Å². The van der Waals surface area contributed by atoms with Crippen molar-refractivity contribution in [2.75, 3.05) is 26.7 Å². The summed E-state index contributed by atoms with van der Waals surface area (Å²) in [6.07, 6.45) is 0.597. The summed E-state index contributed by atoms with van der Waals surface area (Å²) in [4.78, 5) is 2.12. The quantitative estimate of drug-likeness (QED) is 0.777. The van der Waals surface area contributed by atoms with Crippen molar-refractivity contribution in [3.63, 3.8) is 0 Å². The van der Waals surface area contributed by atoms with Crippen LogP contribution in [0.4, 0.5) is 0 Å². The molecule has 0 aromatic heterocycles. The Kier molecular flexibility index (Phi) is 5.62.